The fourth-order valence-corrected chi connectivity index (χ4v) is 3.63. The van der Waals surface area contributed by atoms with Gasteiger partial charge in [-0.05, 0) is 43.5 Å². The molecule has 1 saturated heterocycles. The number of halogens is 1. The molecule has 0 aromatic heterocycles. The van der Waals surface area contributed by atoms with Crippen LogP contribution < -0.4 is 10.5 Å². The van der Waals surface area contributed by atoms with Gasteiger partial charge in [0.2, 0.25) is 0 Å². The second-order valence-corrected chi connectivity index (χ2v) is 7.01. The third kappa shape index (κ3) is 4.83. The van der Waals surface area contributed by atoms with Crippen molar-refractivity contribution in [1.29, 1.82) is 0 Å². The van der Waals surface area contributed by atoms with E-state index in [0.717, 1.165) is 44.0 Å². The van der Waals surface area contributed by atoms with Crippen LogP contribution in [0.1, 0.15) is 31.2 Å². The lowest BCUT2D eigenvalue weighted by molar-refractivity contribution is 0.0240. The van der Waals surface area contributed by atoms with Gasteiger partial charge in [-0.15, -0.1) is 12.4 Å². The minimum atomic E-state index is 0. The predicted molar refractivity (Wildman–Crippen MR) is 95.2 cm³/mol. The molecule has 1 heterocycles. The summed E-state index contributed by atoms with van der Waals surface area (Å²) in [6.45, 7) is 4.78. The molecule has 0 radical (unpaired) electrons. The monoisotopic (exact) mass is 340 g/mol. The van der Waals surface area contributed by atoms with E-state index in [-0.39, 0.29) is 12.4 Å². The maximum atomic E-state index is 6.12. The van der Waals surface area contributed by atoms with E-state index >= 15 is 0 Å². The molecule has 130 valence electrons. The highest BCUT2D eigenvalue weighted by atomic mass is 35.5. The Labute approximate surface area is 145 Å². The van der Waals surface area contributed by atoms with E-state index in [1.165, 1.54) is 19.3 Å². The first-order valence-corrected chi connectivity index (χ1v) is 8.38. The number of ether oxygens (including phenoxy) is 2. The molecule has 1 aliphatic heterocycles. The van der Waals surface area contributed by atoms with Crippen molar-refractivity contribution < 1.29 is 9.47 Å². The van der Waals surface area contributed by atoms with Crippen LogP contribution in [0, 0.1) is 5.41 Å². The Hall–Kier alpha value is -0.810. The van der Waals surface area contributed by atoms with Crippen molar-refractivity contribution in [3.63, 3.8) is 0 Å². The number of nitrogens with two attached hydrogens (primary N) is 1. The molecule has 1 atom stereocenters. The van der Waals surface area contributed by atoms with E-state index in [0.29, 0.717) is 18.1 Å². The van der Waals surface area contributed by atoms with Gasteiger partial charge in [0.05, 0.1) is 13.2 Å². The number of likely N-dealkylation sites (tertiary alicyclic amines) is 1. The van der Waals surface area contributed by atoms with Crippen LogP contribution in [-0.2, 0) is 11.3 Å². The van der Waals surface area contributed by atoms with Gasteiger partial charge in [0.15, 0.2) is 0 Å². The molecule has 1 unspecified atom stereocenters. The van der Waals surface area contributed by atoms with Gasteiger partial charge in [-0.2, -0.15) is 0 Å². The molecule has 0 bridgehead atoms. The molecule has 1 aromatic rings. The molecule has 1 aromatic carbocycles. The van der Waals surface area contributed by atoms with Gasteiger partial charge < -0.3 is 20.1 Å². The van der Waals surface area contributed by atoms with E-state index in [2.05, 4.69) is 17.0 Å². The predicted octanol–water partition coefficient (Wildman–Crippen LogP) is 2.84. The average Bonchev–Trinajstić information content (AvgIpc) is 2.88. The lowest BCUT2D eigenvalue weighted by Gasteiger charge is -2.44. The first kappa shape index (κ1) is 18.5. The number of hydrogen-bond donors (Lipinski definition) is 1. The van der Waals surface area contributed by atoms with Gasteiger partial charge in [-0.3, -0.25) is 0 Å². The van der Waals surface area contributed by atoms with Crippen LogP contribution in [0.2, 0.25) is 0 Å². The molecule has 2 N–H and O–H groups in total. The molecule has 3 rings (SSSR count). The van der Waals surface area contributed by atoms with Crippen LogP contribution >= 0.6 is 12.4 Å². The zero-order valence-electron chi connectivity index (χ0n) is 14.0. The maximum Gasteiger partial charge on any atom is 0.119 e. The Morgan fingerprint density at radius 2 is 2.17 bits per heavy atom. The second kappa shape index (κ2) is 8.34. The molecular weight excluding hydrogens is 312 g/mol. The Morgan fingerprint density at radius 3 is 2.78 bits per heavy atom. The molecule has 5 heteroatoms. The van der Waals surface area contributed by atoms with Gasteiger partial charge in [-0.25, -0.2) is 0 Å². The third-order valence-corrected chi connectivity index (χ3v) is 5.04. The summed E-state index contributed by atoms with van der Waals surface area (Å²) >= 11 is 0. The molecule has 2 aliphatic rings. The van der Waals surface area contributed by atoms with E-state index in [4.69, 9.17) is 15.2 Å². The minimum absolute atomic E-state index is 0. The Balaban J connectivity index is 0.00000192. The highest BCUT2D eigenvalue weighted by molar-refractivity contribution is 5.85. The van der Waals surface area contributed by atoms with Crippen molar-refractivity contribution in [2.24, 2.45) is 11.1 Å². The number of nitrogens with zero attached hydrogens (tertiary/aromatic N) is 1. The SMILES string of the molecule is COCc1cccc(OCC2(CN3CCC(N)C3)CCC2)c1.Cl. The number of hydrogen-bond acceptors (Lipinski definition) is 4. The molecule has 0 spiro atoms. The normalized spacial score (nSPS) is 23.1. The Kier molecular flexibility index (Phi) is 6.72. The van der Waals surface area contributed by atoms with Crippen molar-refractivity contribution in [3.8, 4) is 5.75 Å². The van der Waals surface area contributed by atoms with Crippen molar-refractivity contribution in [3.05, 3.63) is 29.8 Å². The van der Waals surface area contributed by atoms with Crippen LogP contribution in [0.3, 0.4) is 0 Å². The van der Waals surface area contributed by atoms with Crippen molar-refractivity contribution >= 4 is 12.4 Å². The summed E-state index contributed by atoms with van der Waals surface area (Å²) < 4.78 is 11.3. The second-order valence-electron chi connectivity index (χ2n) is 7.01. The quantitative estimate of drug-likeness (QED) is 0.829. The van der Waals surface area contributed by atoms with Crippen LogP contribution in [0.4, 0.5) is 0 Å². The van der Waals surface area contributed by atoms with E-state index < -0.39 is 0 Å². The summed E-state index contributed by atoms with van der Waals surface area (Å²) in [5.74, 6) is 0.957. The number of rotatable bonds is 7. The summed E-state index contributed by atoms with van der Waals surface area (Å²) in [5.41, 5.74) is 7.52. The standard InChI is InChI=1S/C18H28N2O2.ClH/c1-21-12-15-4-2-5-17(10-15)22-14-18(7-3-8-18)13-20-9-6-16(19)11-20;/h2,4-5,10,16H,3,6-9,11-14,19H2,1H3;1H. The molecule has 0 amide bonds. The highest BCUT2D eigenvalue weighted by Gasteiger charge is 2.40. The molecular formula is C18H29ClN2O2. The maximum absolute atomic E-state index is 6.12. The van der Waals surface area contributed by atoms with Crippen LogP contribution in [0.15, 0.2) is 24.3 Å². The zero-order valence-corrected chi connectivity index (χ0v) is 14.8. The largest absolute Gasteiger partial charge is 0.493 e. The molecule has 4 nitrogen and oxygen atoms in total. The first-order chi connectivity index (χ1) is 10.7. The topological polar surface area (TPSA) is 47.7 Å². The number of methoxy groups -OCH3 is 1. The van der Waals surface area contributed by atoms with E-state index in [1.54, 1.807) is 7.11 Å². The lowest BCUT2D eigenvalue weighted by atomic mass is 9.69. The molecule has 2 fully saturated rings. The Morgan fingerprint density at radius 1 is 1.35 bits per heavy atom. The van der Waals surface area contributed by atoms with Crippen molar-refractivity contribution in [2.45, 2.75) is 38.3 Å². The van der Waals surface area contributed by atoms with Gasteiger partial charge in [-0.1, -0.05) is 18.6 Å². The fraction of sp³-hybridized carbons (Fsp3) is 0.667. The summed E-state index contributed by atoms with van der Waals surface area (Å²) in [5, 5.41) is 0. The summed E-state index contributed by atoms with van der Waals surface area (Å²) in [7, 11) is 1.72. The smallest absolute Gasteiger partial charge is 0.119 e. The molecule has 23 heavy (non-hydrogen) atoms. The third-order valence-electron chi connectivity index (χ3n) is 5.04. The minimum Gasteiger partial charge on any atom is -0.493 e. The van der Waals surface area contributed by atoms with Gasteiger partial charge in [0.25, 0.3) is 0 Å². The van der Waals surface area contributed by atoms with Gasteiger partial charge >= 0.3 is 0 Å². The highest BCUT2D eigenvalue weighted by Crippen LogP contribution is 2.42. The fourth-order valence-electron chi connectivity index (χ4n) is 3.63. The van der Waals surface area contributed by atoms with Crippen molar-refractivity contribution in [2.75, 3.05) is 33.4 Å². The molecule has 1 saturated carbocycles. The van der Waals surface area contributed by atoms with Crippen LogP contribution in [0.25, 0.3) is 0 Å². The lowest BCUT2D eigenvalue weighted by Crippen LogP contribution is -2.46. The summed E-state index contributed by atoms with van der Waals surface area (Å²) in [6, 6.07) is 8.60. The number of benzene rings is 1. The first-order valence-electron chi connectivity index (χ1n) is 8.38. The van der Waals surface area contributed by atoms with Gasteiger partial charge in [0, 0.05) is 31.7 Å². The van der Waals surface area contributed by atoms with Crippen LogP contribution in [0.5, 0.6) is 5.75 Å². The zero-order chi connectivity index (χ0) is 15.4. The van der Waals surface area contributed by atoms with E-state index in [9.17, 15) is 0 Å². The van der Waals surface area contributed by atoms with Crippen LogP contribution in [-0.4, -0.2) is 44.3 Å². The van der Waals surface area contributed by atoms with Crippen molar-refractivity contribution in [1.82, 2.24) is 4.90 Å². The average molecular weight is 341 g/mol. The van der Waals surface area contributed by atoms with E-state index in [1.807, 2.05) is 12.1 Å². The summed E-state index contributed by atoms with van der Waals surface area (Å²) in [6.07, 6.45) is 5.01. The van der Waals surface area contributed by atoms with Gasteiger partial charge in [0.1, 0.15) is 5.75 Å². The summed E-state index contributed by atoms with van der Waals surface area (Å²) in [4.78, 5) is 2.52. The molecule has 1 aliphatic carbocycles. The Bertz CT molecular complexity index is 494.